The van der Waals surface area contributed by atoms with Crippen LogP contribution in [0.25, 0.3) is 0 Å². The van der Waals surface area contributed by atoms with Crippen molar-refractivity contribution in [2.45, 2.75) is 44.3 Å². The number of piperazine rings is 1. The highest BCUT2D eigenvalue weighted by Gasteiger charge is 2.31. The molecule has 2 fully saturated rings. The number of aryl methyl sites for hydroxylation is 1. The Kier molecular flexibility index (Phi) is 4.87. The minimum atomic E-state index is -0.0485. The lowest BCUT2D eigenvalue weighted by Gasteiger charge is -2.39. The Morgan fingerprint density at radius 2 is 2.29 bits per heavy atom. The van der Waals surface area contributed by atoms with Gasteiger partial charge in [-0.2, -0.15) is 0 Å². The molecule has 0 spiro atoms. The number of likely N-dealkylation sites (tertiary alicyclic amines) is 1. The summed E-state index contributed by atoms with van der Waals surface area (Å²) < 4.78 is 2.09. The first-order valence-corrected chi connectivity index (χ1v) is 8.05. The van der Waals surface area contributed by atoms with Crippen molar-refractivity contribution in [3.05, 3.63) is 18.7 Å². The van der Waals surface area contributed by atoms with Gasteiger partial charge < -0.3 is 20.1 Å². The summed E-state index contributed by atoms with van der Waals surface area (Å²) in [5.41, 5.74) is 0. The summed E-state index contributed by atoms with van der Waals surface area (Å²) in [5, 5.41) is 6.64. The minimum absolute atomic E-state index is 0.0485. The predicted molar refractivity (Wildman–Crippen MR) is 80.9 cm³/mol. The van der Waals surface area contributed by atoms with E-state index in [0.29, 0.717) is 6.04 Å². The van der Waals surface area contributed by atoms with Gasteiger partial charge in [-0.15, -0.1) is 0 Å². The van der Waals surface area contributed by atoms with Gasteiger partial charge in [0.05, 0.1) is 12.4 Å². The fraction of sp³-hybridized carbons (Fsp3) is 0.733. The number of rotatable bonds is 4. The van der Waals surface area contributed by atoms with Crippen molar-refractivity contribution in [3.63, 3.8) is 0 Å². The molecule has 1 amide bonds. The summed E-state index contributed by atoms with van der Waals surface area (Å²) in [5.74, 6) is 0.275. The van der Waals surface area contributed by atoms with Gasteiger partial charge in [0.25, 0.3) is 0 Å². The molecule has 0 radical (unpaired) electrons. The number of aromatic nitrogens is 2. The molecule has 2 atom stereocenters. The lowest BCUT2D eigenvalue weighted by Crippen LogP contribution is -2.59. The van der Waals surface area contributed by atoms with Gasteiger partial charge in [-0.05, 0) is 25.7 Å². The quantitative estimate of drug-likeness (QED) is 0.833. The Bertz CT molecular complexity index is 441. The summed E-state index contributed by atoms with van der Waals surface area (Å²) in [6, 6.07) is 0.324. The highest BCUT2D eigenvalue weighted by Crippen LogP contribution is 2.21. The van der Waals surface area contributed by atoms with Crippen LogP contribution >= 0.6 is 0 Å². The molecule has 2 saturated heterocycles. The average Bonchev–Trinajstić information content (AvgIpc) is 3.07. The van der Waals surface area contributed by atoms with Crippen LogP contribution in [0.3, 0.4) is 0 Å². The van der Waals surface area contributed by atoms with Gasteiger partial charge in [-0.1, -0.05) is 0 Å². The molecule has 2 aliphatic rings. The molecule has 1 aromatic rings. The SMILES string of the molecule is O=C(C1CNCCN1)N1CCCCC1CCn1ccnc1. The minimum Gasteiger partial charge on any atom is -0.338 e. The Balaban J connectivity index is 1.59. The largest absolute Gasteiger partial charge is 0.338 e. The highest BCUT2D eigenvalue weighted by atomic mass is 16.2. The van der Waals surface area contributed by atoms with Gasteiger partial charge in [0.15, 0.2) is 0 Å². The molecular formula is C15H25N5O. The average molecular weight is 291 g/mol. The normalized spacial score (nSPS) is 26.8. The van der Waals surface area contributed by atoms with Crippen molar-refractivity contribution < 1.29 is 4.79 Å². The number of nitrogens with one attached hydrogen (secondary N) is 2. The van der Waals surface area contributed by atoms with E-state index in [1.54, 1.807) is 6.20 Å². The monoisotopic (exact) mass is 291 g/mol. The zero-order valence-electron chi connectivity index (χ0n) is 12.5. The smallest absolute Gasteiger partial charge is 0.241 e. The summed E-state index contributed by atoms with van der Waals surface area (Å²) in [4.78, 5) is 18.9. The number of hydrogen-bond acceptors (Lipinski definition) is 4. The Morgan fingerprint density at radius 1 is 1.33 bits per heavy atom. The molecule has 6 heteroatoms. The van der Waals surface area contributed by atoms with Crippen LogP contribution in [0.15, 0.2) is 18.7 Å². The van der Waals surface area contributed by atoms with Gasteiger partial charge in [0, 0.05) is 51.2 Å². The number of carbonyl (C=O) groups is 1. The van der Waals surface area contributed by atoms with Crippen molar-refractivity contribution in [2.24, 2.45) is 0 Å². The Morgan fingerprint density at radius 3 is 3.05 bits per heavy atom. The van der Waals surface area contributed by atoms with E-state index in [0.717, 1.165) is 52.0 Å². The van der Waals surface area contributed by atoms with Crippen LogP contribution in [0.5, 0.6) is 0 Å². The molecule has 0 aromatic carbocycles. The Labute approximate surface area is 125 Å². The van der Waals surface area contributed by atoms with Gasteiger partial charge in [-0.25, -0.2) is 4.98 Å². The van der Waals surface area contributed by atoms with Gasteiger partial charge >= 0.3 is 0 Å². The molecule has 0 saturated carbocycles. The molecule has 116 valence electrons. The summed E-state index contributed by atoms with van der Waals surface area (Å²) in [6.07, 6.45) is 10.1. The molecule has 21 heavy (non-hydrogen) atoms. The maximum absolute atomic E-state index is 12.7. The highest BCUT2D eigenvalue weighted by molar-refractivity contribution is 5.82. The third-order valence-corrected chi connectivity index (χ3v) is 4.53. The first kappa shape index (κ1) is 14.5. The number of amides is 1. The van der Waals surface area contributed by atoms with Gasteiger partial charge in [0.2, 0.25) is 5.91 Å². The van der Waals surface area contributed by atoms with E-state index in [1.807, 2.05) is 12.5 Å². The number of nitrogens with zero attached hydrogens (tertiary/aromatic N) is 3. The van der Waals surface area contributed by atoms with Crippen LogP contribution in [-0.2, 0) is 11.3 Å². The Hall–Kier alpha value is -1.40. The lowest BCUT2D eigenvalue weighted by atomic mass is 9.98. The fourth-order valence-corrected chi connectivity index (χ4v) is 3.34. The van der Waals surface area contributed by atoms with E-state index in [-0.39, 0.29) is 11.9 Å². The third-order valence-electron chi connectivity index (χ3n) is 4.53. The second kappa shape index (κ2) is 7.04. The second-order valence-electron chi connectivity index (χ2n) is 5.98. The number of imidazole rings is 1. The first-order valence-electron chi connectivity index (χ1n) is 8.05. The molecule has 2 unspecified atom stereocenters. The first-order chi connectivity index (χ1) is 10.3. The van der Waals surface area contributed by atoms with E-state index >= 15 is 0 Å². The van der Waals surface area contributed by atoms with Crippen LogP contribution < -0.4 is 10.6 Å². The molecule has 2 aliphatic heterocycles. The van der Waals surface area contributed by atoms with Crippen LogP contribution in [0, 0.1) is 0 Å². The van der Waals surface area contributed by atoms with Crippen molar-refractivity contribution >= 4 is 5.91 Å². The maximum Gasteiger partial charge on any atom is 0.241 e. The molecule has 0 aliphatic carbocycles. The van der Waals surface area contributed by atoms with Crippen LogP contribution in [0.2, 0.25) is 0 Å². The summed E-state index contributed by atoms with van der Waals surface area (Å²) in [7, 11) is 0. The second-order valence-corrected chi connectivity index (χ2v) is 5.98. The van der Waals surface area contributed by atoms with Crippen LogP contribution in [0.1, 0.15) is 25.7 Å². The molecule has 1 aromatic heterocycles. The number of hydrogen-bond donors (Lipinski definition) is 2. The molecule has 2 N–H and O–H groups in total. The zero-order chi connectivity index (χ0) is 14.5. The number of piperidine rings is 1. The predicted octanol–water partition coefficient (Wildman–Crippen LogP) is 0.216. The molecule has 0 bridgehead atoms. The molecule has 6 nitrogen and oxygen atoms in total. The fourth-order valence-electron chi connectivity index (χ4n) is 3.34. The molecule has 3 heterocycles. The molecule has 3 rings (SSSR count). The lowest BCUT2D eigenvalue weighted by molar-refractivity contribution is -0.137. The zero-order valence-corrected chi connectivity index (χ0v) is 12.5. The number of carbonyl (C=O) groups excluding carboxylic acids is 1. The van der Waals surface area contributed by atoms with Gasteiger partial charge in [0.1, 0.15) is 0 Å². The van der Waals surface area contributed by atoms with Crippen LogP contribution in [-0.4, -0.2) is 58.6 Å². The van der Waals surface area contributed by atoms with Crippen molar-refractivity contribution in [1.82, 2.24) is 25.1 Å². The molecular weight excluding hydrogens is 266 g/mol. The van der Waals surface area contributed by atoms with E-state index in [9.17, 15) is 4.79 Å². The van der Waals surface area contributed by atoms with E-state index in [1.165, 1.54) is 6.42 Å². The van der Waals surface area contributed by atoms with E-state index in [2.05, 4.69) is 25.1 Å². The topological polar surface area (TPSA) is 62.2 Å². The summed E-state index contributed by atoms with van der Waals surface area (Å²) >= 11 is 0. The maximum atomic E-state index is 12.7. The van der Waals surface area contributed by atoms with Gasteiger partial charge in [-0.3, -0.25) is 4.79 Å². The standard InChI is InChI=1S/C15H25N5O/c21-15(14-11-16-5-6-18-14)20-8-2-1-3-13(20)4-9-19-10-7-17-12-19/h7,10,12-14,16,18H,1-6,8-9,11H2. The van der Waals surface area contributed by atoms with E-state index in [4.69, 9.17) is 0 Å². The summed E-state index contributed by atoms with van der Waals surface area (Å²) in [6.45, 7) is 4.43. The van der Waals surface area contributed by atoms with E-state index < -0.39 is 0 Å². The third kappa shape index (κ3) is 3.63. The van der Waals surface area contributed by atoms with Crippen molar-refractivity contribution in [3.8, 4) is 0 Å². The van der Waals surface area contributed by atoms with Crippen molar-refractivity contribution in [1.29, 1.82) is 0 Å². The van der Waals surface area contributed by atoms with Crippen molar-refractivity contribution in [2.75, 3.05) is 26.2 Å². The van der Waals surface area contributed by atoms with Crippen LogP contribution in [0.4, 0.5) is 0 Å².